The molecule has 5 heteroatoms. The van der Waals surface area contributed by atoms with E-state index in [1.165, 1.54) is 12.1 Å². The van der Waals surface area contributed by atoms with Gasteiger partial charge in [0.1, 0.15) is 5.82 Å². The number of aliphatic hydroxyl groups excluding tert-OH is 1. The van der Waals surface area contributed by atoms with Crippen molar-refractivity contribution in [2.45, 2.75) is 26.2 Å². The Hall–Kier alpha value is -2.01. The molecule has 0 unspecified atom stereocenters. The van der Waals surface area contributed by atoms with Crippen LogP contribution in [0.5, 0.6) is 0 Å². The van der Waals surface area contributed by atoms with Crippen LogP contribution in [0.25, 0.3) is 10.9 Å². The highest BCUT2D eigenvalue weighted by Crippen LogP contribution is 2.48. The van der Waals surface area contributed by atoms with Crippen molar-refractivity contribution in [1.82, 2.24) is 9.88 Å². The van der Waals surface area contributed by atoms with E-state index in [0.29, 0.717) is 41.2 Å². The van der Waals surface area contributed by atoms with Crippen molar-refractivity contribution in [1.29, 1.82) is 0 Å². The van der Waals surface area contributed by atoms with E-state index >= 15 is 0 Å². The van der Waals surface area contributed by atoms with Crippen LogP contribution < -0.4 is 0 Å². The molecule has 4 nitrogen and oxygen atoms in total. The second-order valence-corrected chi connectivity index (χ2v) is 7.27. The largest absolute Gasteiger partial charge is 0.396 e. The molecule has 2 fully saturated rings. The van der Waals surface area contributed by atoms with E-state index in [9.17, 15) is 14.3 Å². The molecule has 1 N–H and O–H groups in total. The van der Waals surface area contributed by atoms with E-state index < -0.39 is 0 Å². The molecule has 1 aliphatic carbocycles. The highest BCUT2D eigenvalue weighted by Gasteiger charge is 2.50. The Morgan fingerprint density at radius 2 is 2.29 bits per heavy atom. The number of carbonyl (C=O) groups excluding carboxylic acids is 1. The SMILES string of the molecule is Cc1cc(C(=O)N2C[C@H]3CCC[C@@]3(CO)C2)c2ccc(F)cc2n1. The Kier molecular flexibility index (Phi) is 3.57. The smallest absolute Gasteiger partial charge is 0.254 e. The number of nitrogens with zero attached hydrogens (tertiary/aromatic N) is 2. The van der Waals surface area contributed by atoms with Gasteiger partial charge in [0, 0.05) is 35.7 Å². The number of halogens is 1. The molecule has 2 heterocycles. The second kappa shape index (κ2) is 5.52. The molecule has 0 spiro atoms. The lowest BCUT2D eigenvalue weighted by atomic mass is 9.82. The van der Waals surface area contributed by atoms with Gasteiger partial charge in [-0.1, -0.05) is 6.42 Å². The fourth-order valence-corrected chi connectivity index (χ4v) is 4.51. The van der Waals surface area contributed by atoms with Crippen LogP contribution in [0.3, 0.4) is 0 Å². The number of carbonyl (C=O) groups is 1. The summed E-state index contributed by atoms with van der Waals surface area (Å²) in [5.41, 5.74) is 1.66. The fraction of sp³-hybridized carbons (Fsp3) is 0.474. The van der Waals surface area contributed by atoms with E-state index in [1.54, 1.807) is 12.1 Å². The maximum atomic E-state index is 13.5. The Morgan fingerprint density at radius 1 is 1.46 bits per heavy atom. The first-order valence-corrected chi connectivity index (χ1v) is 8.49. The normalized spacial score (nSPS) is 26.1. The molecule has 1 aromatic heterocycles. The lowest BCUT2D eigenvalue weighted by molar-refractivity contribution is 0.0736. The van der Waals surface area contributed by atoms with Crippen LogP contribution in [0.2, 0.25) is 0 Å². The summed E-state index contributed by atoms with van der Waals surface area (Å²) in [6, 6.07) is 6.14. The van der Waals surface area contributed by atoms with Crippen molar-refractivity contribution in [3.8, 4) is 0 Å². The molecule has 1 saturated carbocycles. The molecule has 126 valence electrons. The third kappa shape index (κ3) is 2.30. The van der Waals surface area contributed by atoms with E-state index in [2.05, 4.69) is 4.98 Å². The summed E-state index contributed by atoms with van der Waals surface area (Å²) in [5.74, 6) is -0.00800. The number of aryl methyl sites for hydroxylation is 1. The molecule has 0 bridgehead atoms. The van der Waals surface area contributed by atoms with Gasteiger partial charge in [0.2, 0.25) is 0 Å². The predicted octanol–water partition coefficient (Wildman–Crippen LogP) is 2.92. The average molecular weight is 328 g/mol. The van der Waals surface area contributed by atoms with E-state index in [1.807, 2.05) is 11.8 Å². The first-order chi connectivity index (χ1) is 11.5. The standard InChI is InChI=1S/C19H21FN2O2/c1-12-7-16(15-5-4-14(20)8-17(15)21-12)18(24)22-9-13-3-2-6-19(13,10-22)11-23/h4-5,7-8,13,23H,2-3,6,9-11H2,1H3/t13-,19+/m1/s1. The van der Waals surface area contributed by atoms with Gasteiger partial charge in [-0.15, -0.1) is 0 Å². The highest BCUT2D eigenvalue weighted by molar-refractivity contribution is 6.06. The number of amides is 1. The number of hydrogen-bond acceptors (Lipinski definition) is 3. The van der Waals surface area contributed by atoms with Gasteiger partial charge in [-0.3, -0.25) is 9.78 Å². The number of hydrogen-bond donors (Lipinski definition) is 1. The Balaban J connectivity index is 1.72. The minimum atomic E-state index is -0.353. The fourth-order valence-electron chi connectivity index (χ4n) is 4.51. The van der Waals surface area contributed by atoms with Gasteiger partial charge in [0.15, 0.2) is 0 Å². The summed E-state index contributed by atoms with van der Waals surface area (Å²) in [7, 11) is 0. The van der Waals surface area contributed by atoms with Crippen molar-refractivity contribution in [3.63, 3.8) is 0 Å². The van der Waals surface area contributed by atoms with E-state index in [-0.39, 0.29) is 23.7 Å². The minimum absolute atomic E-state index is 0.0423. The third-order valence-electron chi connectivity index (χ3n) is 5.77. The van der Waals surface area contributed by atoms with Gasteiger partial charge in [0.05, 0.1) is 17.7 Å². The lowest BCUT2D eigenvalue weighted by Gasteiger charge is -2.26. The number of likely N-dealkylation sites (tertiary alicyclic amines) is 1. The average Bonchev–Trinajstić information content (AvgIpc) is 3.10. The third-order valence-corrected chi connectivity index (χ3v) is 5.77. The van der Waals surface area contributed by atoms with E-state index in [0.717, 1.165) is 19.3 Å². The Bertz CT molecular complexity index is 817. The zero-order valence-electron chi connectivity index (χ0n) is 13.8. The molecular formula is C19H21FN2O2. The summed E-state index contributed by atoms with van der Waals surface area (Å²) in [4.78, 5) is 19.3. The topological polar surface area (TPSA) is 53.4 Å². The predicted molar refractivity (Wildman–Crippen MR) is 89.2 cm³/mol. The number of aliphatic hydroxyl groups is 1. The van der Waals surface area contributed by atoms with Crippen LogP contribution in [0.15, 0.2) is 24.3 Å². The van der Waals surface area contributed by atoms with Gasteiger partial charge >= 0.3 is 0 Å². The van der Waals surface area contributed by atoms with Gasteiger partial charge in [-0.25, -0.2) is 4.39 Å². The highest BCUT2D eigenvalue weighted by atomic mass is 19.1. The summed E-state index contributed by atoms with van der Waals surface area (Å²) in [6.07, 6.45) is 3.19. The molecule has 2 aromatic rings. The molecule has 0 radical (unpaired) electrons. The number of rotatable bonds is 2. The van der Waals surface area contributed by atoms with E-state index in [4.69, 9.17) is 0 Å². The molecule has 2 atom stereocenters. The molecule has 2 aliphatic rings. The van der Waals surface area contributed by atoms with Crippen LogP contribution in [0.4, 0.5) is 4.39 Å². The van der Waals surface area contributed by atoms with Crippen LogP contribution in [-0.2, 0) is 0 Å². The maximum absolute atomic E-state index is 13.5. The van der Waals surface area contributed by atoms with Crippen molar-refractivity contribution < 1.29 is 14.3 Å². The molecule has 1 amide bonds. The van der Waals surface area contributed by atoms with Crippen LogP contribution in [0, 0.1) is 24.1 Å². The van der Waals surface area contributed by atoms with Crippen molar-refractivity contribution >= 4 is 16.8 Å². The molecule has 24 heavy (non-hydrogen) atoms. The monoisotopic (exact) mass is 328 g/mol. The zero-order chi connectivity index (χ0) is 16.9. The lowest BCUT2D eigenvalue weighted by Crippen LogP contribution is -2.34. The van der Waals surface area contributed by atoms with Gasteiger partial charge in [-0.05, 0) is 43.9 Å². The summed E-state index contributed by atoms with van der Waals surface area (Å²) >= 11 is 0. The van der Waals surface area contributed by atoms with Crippen molar-refractivity contribution in [2.24, 2.45) is 11.3 Å². The number of pyridine rings is 1. The first kappa shape index (κ1) is 15.5. The first-order valence-electron chi connectivity index (χ1n) is 8.49. The molecular weight excluding hydrogens is 307 g/mol. The zero-order valence-corrected chi connectivity index (χ0v) is 13.8. The van der Waals surface area contributed by atoms with Crippen LogP contribution >= 0.6 is 0 Å². The van der Waals surface area contributed by atoms with Gasteiger partial charge in [0.25, 0.3) is 5.91 Å². The summed E-state index contributed by atoms with van der Waals surface area (Å²) < 4.78 is 13.5. The Morgan fingerprint density at radius 3 is 3.04 bits per heavy atom. The summed E-state index contributed by atoms with van der Waals surface area (Å²) in [5, 5.41) is 10.5. The van der Waals surface area contributed by atoms with Crippen molar-refractivity contribution in [2.75, 3.05) is 19.7 Å². The minimum Gasteiger partial charge on any atom is -0.396 e. The van der Waals surface area contributed by atoms with Crippen LogP contribution in [-0.4, -0.2) is 40.6 Å². The van der Waals surface area contributed by atoms with Crippen LogP contribution in [0.1, 0.15) is 35.3 Å². The number of aromatic nitrogens is 1. The number of fused-ring (bicyclic) bond motifs is 2. The molecule has 4 rings (SSSR count). The van der Waals surface area contributed by atoms with Crippen molar-refractivity contribution in [3.05, 3.63) is 41.3 Å². The maximum Gasteiger partial charge on any atom is 0.254 e. The molecule has 1 aliphatic heterocycles. The Labute approximate surface area is 140 Å². The molecule has 1 aromatic carbocycles. The molecule has 1 saturated heterocycles. The number of benzene rings is 1. The second-order valence-electron chi connectivity index (χ2n) is 7.27. The van der Waals surface area contributed by atoms with Gasteiger partial charge < -0.3 is 10.0 Å². The quantitative estimate of drug-likeness (QED) is 0.922. The van der Waals surface area contributed by atoms with Gasteiger partial charge in [-0.2, -0.15) is 0 Å². The summed E-state index contributed by atoms with van der Waals surface area (Å²) in [6.45, 7) is 3.26.